The lowest BCUT2D eigenvalue weighted by Crippen LogP contribution is -2.63. The monoisotopic (exact) mass is 434 g/mol. The zero-order valence-corrected chi connectivity index (χ0v) is 14.6. The molecule has 0 amide bonds. The lowest BCUT2D eigenvalue weighted by molar-refractivity contribution is -0.382. The van der Waals surface area contributed by atoms with Gasteiger partial charge in [0.2, 0.25) is 0 Å². The van der Waals surface area contributed by atoms with E-state index >= 15 is 0 Å². The molecule has 0 heterocycles. The van der Waals surface area contributed by atoms with Crippen LogP contribution in [0.15, 0.2) is 0 Å². The van der Waals surface area contributed by atoms with Crippen LogP contribution in [-0.4, -0.2) is 50.8 Å². The van der Waals surface area contributed by atoms with E-state index in [-0.39, 0.29) is 6.61 Å². The van der Waals surface area contributed by atoms with Crippen LogP contribution in [-0.2, 0) is 17.9 Å². The van der Waals surface area contributed by atoms with Gasteiger partial charge in [-0.25, -0.2) is 0 Å². The molecular weight excluding hydrogens is 419 g/mol. The molecule has 154 valence electrons. The summed E-state index contributed by atoms with van der Waals surface area (Å²) < 4.78 is 146. The minimum atomic E-state index is -7.33. The summed E-state index contributed by atoms with van der Waals surface area (Å²) in [6.07, 6.45) is -4.81. The molecule has 15 heteroatoms. The maximum Gasteiger partial charge on any atom is 0.460 e. The summed E-state index contributed by atoms with van der Waals surface area (Å²) in [5.74, 6) is -14.7. The Kier molecular flexibility index (Phi) is 7.19. The first-order chi connectivity index (χ1) is 10.8. The highest BCUT2D eigenvalue weighted by atomic mass is 32.3. The third-order valence-electron chi connectivity index (χ3n) is 2.55. The number of hydrogen-bond donors (Lipinski definition) is 0. The van der Waals surface area contributed by atoms with Crippen molar-refractivity contribution in [3.63, 3.8) is 0 Å². The summed E-state index contributed by atoms with van der Waals surface area (Å²) in [6.45, 7) is 1.42. The molecule has 0 aromatic heterocycles. The van der Waals surface area contributed by atoms with Gasteiger partial charge in [-0.2, -0.15) is 62.2 Å². The zero-order valence-electron chi connectivity index (χ0n) is 13.0. The van der Waals surface area contributed by atoms with Gasteiger partial charge in [0.05, 0.1) is 6.61 Å². The topological polar surface area (TPSA) is 52.6 Å². The predicted octanol–water partition coefficient (Wildman–Crippen LogP) is 4.47. The fourth-order valence-corrected chi connectivity index (χ4v) is 4.39. The van der Waals surface area contributed by atoms with Crippen molar-refractivity contribution in [3.8, 4) is 0 Å². The summed E-state index contributed by atoms with van der Waals surface area (Å²) in [5, 5.41) is -6.88. The molecular formula is C10H15F9O4S2. The average molecular weight is 434 g/mol. The Morgan fingerprint density at radius 1 is 0.840 bits per heavy atom. The van der Waals surface area contributed by atoms with Crippen LogP contribution in [0.25, 0.3) is 0 Å². The fourth-order valence-electron chi connectivity index (χ4n) is 1.20. The van der Waals surface area contributed by atoms with E-state index < -0.39 is 44.0 Å². The normalized spacial score (nSPS) is 16.2. The van der Waals surface area contributed by atoms with Crippen molar-refractivity contribution in [1.29, 1.82) is 0 Å². The van der Waals surface area contributed by atoms with Gasteiger partial charge in [-0.15, -0.1) is 0 Å². The molecule has 0 radical (unpaired) electrons. The minimum Gasteiger partial charge on any atom is -0.284 e. The third kappa shape index (κ3) is 4.86. The van der Waals surface area contributed by atoms with E-state index in [0.29, 0.717) is 12.8 Å². The van der Waals surface area contributed by atoms with E-state index in [2.05, 4.69) is 3.63 Å². The molecule has 0 bridgehead atoms. The first-order valence-corrected chi connectivity index (χ1v) is 10.0. The number of hydrogen-bond acceptors (Lipinski definition) is 4. The van der Waals surface area contributed by atoms with Crippen LogP contribution in [0.1, 0.15) is 19.8 Å². The van der Waals surface area contributed by atoms with E-state index in [9.17, 15) is 47.9 Å². The molecule has 0 aromatic rings. The van der Waals surface area contributed by atoms with Gasteiger partial charge < -0.3 is 0 Å². The predicted molar refractivity (Wildman–Crippen MR) is 71.2 cm³/mol. The first kappa shape index (κ1) is 24.6. The maximum atomic E-state index is 13.4. The Bertz CT molecular complexity index is 557. The van der Waals surface area contributed by atoms with Crippen LogP contribution in [0.3, 0.4) is 0 Å². The maximum absolute atomic E-state index is 13.4. The zero-order chi connectivity index (χ0) is 20.5. The first-order valence-electron chi connectivity index (χ1n) is 6.30. The van der Waals surface area contributed by atoms with Crippen LogP contribution < -0.4 is 0 Å². The quantitative estimate of drug-likeness (QED) is 0.397. The van der Waals surface area contributed by atoms with E-state index in [1.54, 1.807) is 6.92 Å². The molecule has 0 spiro atoms. The van der Waals surface area contributed by atoms with E-state index in [0.717, 1.165) is 12.5 Å². The van der Waals surface area contributed by atoms with E-state index in [1.807, 2.05) is 0 Å². The third-order valence-corrected chi connectivity index (χ3v) is 6.19. The van der Waals surface area contributed by atoms with Crippen molar-refractivity contribution in [2.45, 2.75) is 43.0 Å². The summed E-state index contributed by atoms with van der Waals surface area (Å²) in [7, 11) is -10.4. The van der Waals surface area contributed by atoms with Crippen molar-refractivity contribution in [2.75, 3.05) is 19.1 Å². The molecule has 0 aliphatic carbocycles. The van der Waals surface area contributed by atoms with Crippen molar-refractivity contribution in [1.82, 2.24) is 0 Å². The largest absolute Gasteiger partial charge is 0.460 e. The van der Waals surface area contributed by atoms with Crippen molar-refractivity contribution < 1.29 is 55.7 Å². The molecule has 0 aliphatic rings. The van der Waals surface area contributed by atoms with E-state index in [4.69, 9.17) is 4.18 Å². The summed E-state index contributed by atoms with van der Waals surface area (Å²) >= 11 is 0. The molecule has 0 fully saturated rings. The number of rotatable bonds is 9. The van der Waals surface area contributed by atoms with Gasteiger partial charge in [0.25, 0.3) is 0 Å². The van der Waals surface area contributed by atoms with Crippen molar-refractivity contribution in [3.05, 3.63) is 0 Å². The van der Waals surface area contributed by atoms with Gasteiger partial charge in [-0.1, -0.05) is 13.3 Å². The van der Waals surface area contributed by atoms with Crippen LogP contribution in [0.2, 0.25) is 0 Å². The van der Waals surface area contributed by atoms with Gasteiger partial charge in [-0.05, 0) is 6.42 Å². The molecule has 0 aliphatic heterocycles. The molecule has 4 nitrogen and oxygen atoms in total. The van der Waals surface area contributed by atoms with Gasteiger partial charge in [-0.3, -0.25) is 4.18 Å². The molecule has 25 heavy (non-hydrogen) atoms. The summed E-state index contributed by atoms with van der Waals surface area (Å²) in [5.41, 5.74) is 0. The van der Waals surface area contributed by atoms with E-state index in [1.165, 1.54) is 0 Å². The number of halogens is 9. The lowest BCUT2D eigenvalue weighted by Gasteiger charge is -2.37. The summed E-state index contributed by atoms with van der Waals surface area (Å²) in [6, 6.07) is 0. The second kappa shape index (κ2) is 7.31. The molecule has 0 atom stereocenters. The van der Waals surface area contributed by atoms with Gasteiger partial charge in [0.1, 0.15) is 0 Å². The Balaban J connectivity index is 5.75. The summed E-state index contributed by atoms with van der Waals surface area (Å²) in [4.78, 5) is 0. The highest BCUT2D eigenvalue weighted by Gasteiger charge is 2.86. The molecule has 0 saturated heterocycles. The fraction of sp³-hybridized carbons (Fsp3) is 1.00. The lowest BCUT2D eigenvalue weighted by atomic mass is 10.1. The molecule has 0 rings (SSSR count). The highest BCUT2D eigenvalue weighted by molar-refractivity contribution is 8.28. The van der Waals surface area contributed by atoms with Gasteiger partial charge in [0, 0.05) is 12.5 Å². The second-order valence-electron chi connectivity index (χ2n) is 5.00. The molecule has 0 aromatic carbocycles. The molecule has 0 saturated carbocycles. The Hall–Kier alpha value is -0.410. The molecule has 0 unspecified atom stereocenters. The Labute approximate surface area is 139 Å². The smallest absolute Gasteiger partial charge is 0.284 e. The van der Waals surface area contributed by atoms with Gasteiger partial charge >= 0.3 is 33.4 Å². The van der Waals surface area contributed by atoms with Gasteiger partial charge in [0.15, 0.2) is 0 Å². The Morgan fingerprint density at radius 2 is 1.28 bits per heavy atom. The van der Waals surface area contributed by atoms with Crippen LogP contribution >= 0.6 is 10.6 Å². The van der Waals surface area contributed by atoms with Crippen LogP contribution in [0.4, 0.5) is 39.5 Å². The SMILES string of the molecule is CCCCOS(C)(C)OS(=O)(=O)C(F)(F)C(F)(F)C(F)(F)C(F)(F)F. The number of alkyl halides is 9. The van der Waals surface area contributed by atoms with Crippen molar-refractivity contribution in [2.24, 2.45) is 0 Å². The average Bonchev–Trinajstić information content (AvgIpc) is 2.35. The Morgan fingerprint density at radius 3 is 1.64 bits per heavy atom. The van der Waals surface area contributed by atoms with Crippen molar-refractivity contribution >= 4 is 20.7 Å². The van der Waals surface area contributed by atoms with Crippen LogP contribution in [0, 0.1) is 0 Å². The highest BCUT2D eigenvalue weighted by Crippen LogP contribution is 2.57. The second-order valence-corrected chi connectivity index (χ2v) is 9.49. The van der Waals surface area contributed by atoms with Crippen LogP contribution in [0.5, 0.6) is 0 Å². The molecule has 0 N–H and O–H groups in total. The minimum absolute atomic E-state index is 0.241. The number of unbranched alkanes of at least 4 members (excludes halogenated alkanes) is 1. The standard InChI is InChI=1S/C10H15F9O4S2/c1-4-5-6-22-24(2,3)23-25(20,21)10(18,19)8(13,14)7(11,12)9(15,16)17/h4-6H2,1-3H3.